The van der Waals surface area contributed by atoms with Gasteiger partial charge in [-0.1, -0.05) is 34.1 Å². The van der Waals surface area contributed by atoms with Crippen molar-refractivity contribution < 1.29 is 14.3 Å². The normalized spacial score (nSPS) is 12.8. The third-order valence-electron chi connectivity index (χ3n) is 3.72. The molecule has 0 saturated heterocycles. The number of carbonyl (C=O) groups is 1. The van der Waals surface area contributed by atoms with Crippen LogP contribution in [-0.2, 0) is 17.8 Å². The fraction of sp³-hybridized carbons (Fsp3) is 0.278. The molecule has 2 aromatic rings. The maximum absolute atomic E-state index is 12.3. The van der Waals surface area contributed by atoms with E-state index >= 15 is 0 Å². The molecular weight excluding hydrogens is 358 g/mol. The average molecular weight is 376 g/mol. The third kappa shape index (κ3) is 4.05. The van der Waals surface area contributed by atoms with Crippen molar-refractivity contribution in [2.24, 2.45) is 0 Å². The number of ether oxygens (including phenoxy) is 2. The Labute approximate surface area is 144 Å². The van der Waals surface area contributed by atoms with E-state index in [9.17, 15) is 4.79 Å². The van der Waals surface area contributed by atoms with E-state index in [1.807, 2.05) is 49.5 Å². The SMILES string of the molecule is CN(Cc1ccc2c(c1)OCCO2)C(=O)Cc1ccc(Br)cc1. The van der Waals surface area contributed by atoms with Gasteiger partial charge in [0.15, 0.2) is 11.5 Å². The van der Waals surface area contributed by atoms with Crippen LogP contribution in [0.4, 0.5) is 0 Å². The second-order valence-electron chi connectivity index (χ2n) is 5.53. The van der Waals surface area contributed by atoms with Gasteiger partial charge < -0.3 is 14.4 Å². The lowest BCUT2D eigenvalue weighted by molar-refractivity contribution is -0.129. The van der Waals surface area contributed by atoms with Gasteiger partial charge in [-0.3, -0.25) is 4.79 Å². The Morgan fingerprint density at radius 2 is 1.70 bits per heavy atom. The summed E-state index contributed by atoms with van der Waals surface area (Å²) in [7, 11) is 1.82. The Hall–Kier alpha value is -2.01. The van der Waals surface area contributed by atoms with Gasteiger partial charge in [-0.25, -0.2) is 0 Å². The minimum Gasteiger partial charge on any atom is -0.486 e. The first-order valence-corrected chi connectivity index (χ1v) is 8.28. The van der Waals surface area contributed by atoms with Crippen molar-refractivity contribution in [2.75, 3.05) is 20.3 Å². The number of nitrogens with zero attached hydrogens (tertiary/aromatic N) is 1. The zero-order valence-corrected chi connectivity index (χ0v) is 14.5. The first-order chi connectivity index (χ1) is 11.1. The Morgan fingerprint density at radius 3 is 2.43 bits per heavy atom. The van der Waals surface area contributed by atoms with Gasteiger partial charge in [0.25, 0.3) is 0 Å². The summed E-state index contributed by atoms with van der Waals surface area (Å²) in [6.45, 7) is 1.69. The molecule has 0 bridgehead atoms. The molecular formula is C18H18BrNO3. The third-order valence-corrected chi connectivity index (χ3v) is 4.25. The van der Waals surface area contributed by atoms with Gasteiger partial charge in [0.1, 0.15) is 13.2 Å². The molecule has 23 heavy (non-hydrogen) atoms. The molecule has 4 nitrogen and oxygen atoms in total. The van der Waals surface area contributed by atoms with Crippen LogP contribution < -0.4 is 9.47 Å². The number of hydrogen-bond donors (Lipinski definition) is 0. The molecule has 3 rings (SSSR count). The highest BCUT2D eigenvalue weighted by atomic mass is 79.9. The maximum Gasteiger partial charge on any atom is 0.227 e. The van der Waals surface area contributed by atoms with Crippen LogP contribution in [0.25, 0.3) is 0 Å². The summed E-state index contributed by atoms with van der Waals surface area (Å²) in [4.78, 5) is 14.1. The molecule has 1 aliphatic rings. The first-order valence-electron chi connectivity index (χ1n) is 7.49. The van der Waals surface area contributed by atoms with E-state index in [0.29, 0.717) is 26.2 Å². The second kappa shape index (κ2) is 7.04. The molecule has 0 aromatic heterocycles. The van der Waals surface area contributed by atoms with Crippen LogP contribution >= 0.6 is 15.9 Å². The van der Waals surface area contributed by atoms with Gasteiger partial charge in [0.05, 0.1) is 6.42 Å². The molecule has 0 radical (unpaired) electrons. The van der Waals surface area contributed by atoms with Crippen molar-refractivity contribution in [3.05, 3.63) is 58.1 Å². The summed E-state index contributed by atoms with van der Waals surface area (Å²) in [6.07, 6.45) is 0.397. The molecule has 5 heteroatoms. The van der Waals surface area contributed by atoms with E-state index in [0.717, 1.165) is 27.1 Å². The average Bonchev–Trinajstić information content (AvgIpc) is 2.56. The quantitative estimate of drug-likeness (QED) is 0.821. The van der Waals surface area contributed by atoms with Crippen LogP contribution in [0.5, 0.6) is 11.5 Å². The standard InChI is InChI=1S/C18H18BrNO3/c1-20(18(21)11-13-2-5-15(19)6-3-13)12-14-4-7-16-17(10-14)23-9-8-22-16/h2-7,10H,8-9,11-12H2,1H3. The number of likely N-dealkylation sites (N-methyl/N-ethyl adjacent to an activating group) is 1. The Balaban J connectivity index is 1.62. The summed E-state index contributed by atoms with van der Waals surface area (Å²) < 4.78 is 12.1. The molecule has 1 amide bonds. The molecule has 1 aliphatic heterocycles. The van der Waals surface area contributed by atoms with Gasteiger partial charge in [-0.2, -0.15) is 0 Å². The van der Waals surface area contributed by atoms with Gasteiger partial charge >= 0.3 is 0 Å². The Kier molecular flexibility index (Phi) is 4.86. The lowest BCUT2D eigenvalue weighted by Crippen LogP contribution is -2.27. The number of benzene rings is 2. The highest BCUT2D eigenvalue weighted by molar-refractivity contribution is 9.10. The first kappa shape index (κ1) is 15.9. The summed E-state index contributed by atoms with van der Waals surface area (Å²) in [6, 6.07) is 13.6. The predicted molar refractivity (Wildman–Crippen MR) is 91.8 cm³/mol. The minimum atomic E-state index is 0.0854. The smallest absolute Gasteiger partial charge is 0.227 e. The topological polar surface area (TPSA) is 38.8 Å². The molecule has 0 spiro atoms. The van der Waals surface area contributed by atoms with E-state index in [4.69, 9.17) is 9.47 Å². The van der Waals surface area contributed by atoms with Gasteiger partial charge in [-0.15, -0.1) is 0 Å². The number of fused-ring (bicyclic) bond motifs is 1. The number of carbonyl (C=O) groups excluding carboxylic acids is 1. The lowest BCUT2D eigenvalue weighted by Gasteiger charge is -2.21. The highest BCUT2D eigenvalue weighted by Crippen LogP contribution is 2.31. The fourth-order valence-corrected chi connectivity index (χ4v) is 2.72. The van der Waals surface area contributed by atoms with Crippen molar-refractivity contribution in [1.29, 1.82) is 0 Å². The lowest BCUT2D eigenvalue weighted by atomic mass is 10.1. The van der Waals surface area contributed by atoms with Crippen molar-refractivity contribution >= 4 is 21.8 Å². The van der Waals surface area contributed by atoms with E-state index in [-0.39, 0.29) is 5.91 Å². The van der Waals surface area contributed by atoms with Gasteiger partial charge in [-0.05, 0) is 35.4 Å². The van der Waals surface area contributed by atoms with Gasteiger partial charge in [0, 0.05) is 18.1 Å². The summed E-state index contributed by atoms with van der Waals surface area (Å²) in [5, 5.41) is 0. The summed E-state index contributed by atoms with van der Waals surface area (Å²) in [5.74, 6) is 1.61. The van der Waals surface area contributed by atoms with E-state index in [2.05, 4.69) is 15.9 Å². The molecule has 0 saturated carbocycles. The minimum absolute atomic E-state index is 0.0854. The Morgan fingerprint density at radius 1 is 1.04 bits per heavy atom. The fourth-order valence-electron chi connectivity index (χ4n) is 2.46. The van der Waals surface area contributed by atoms with Gasteiger partial charge in [0.2, 0.25) is 5.91 Å². The molecule has 0 fully saturated rings. The largest absolute Gasteiger partial charge is 0.486 e. The van der Waals surface area contributed by atoms with Crippen molar-refractivity contribution in [1.82, 2.24) is 4.90 Å². The molecule has 0 aliphatic carbocycles. The number of amides is 1. The zero-order valence-electron chi connectivity index (χ0n) is 12.9. The van der Waals surface area contributed by atoms with Crippen LogP contribution in [0.15, 0.2) is 46.9 Å². The summed E-state index contributed by atoms with van der Waals surface area (Å²) >= 11 is 3.40. The van der Waals surface area contributed by atoms with Crippen LogP contribution in [0.3, 0.4) is 0 Å². The van der Waals surface area contributed by atoms with Crippen LogP contribution in [0.1, 0.15) is 11.1 Å². The molecule has 2 aromatic carbocycles. The van der Waals surface area contributed by atoms with Crippen molar-refractivity contribution in [3.8, 4) is 11.5 Å². The number of halogens is 1. The molecule has 1 heterocycles. The molecule has 0 unspecified atom stereocenters. The van der Waals surface area contributed by atoms with E-state index in [1.54, 1.807) is 4.90 Å². The Bertz CT molecular complexity index is 700. The van der Waals surface area contributed by atoms with Crippen LogP contribution in [-0.4, -0.2) is 31.1 Å². The number of rotatable bonds is 4. The van der Waals surface area contributed by atoms with Crippen LogP contribution in [0.2, 0.25) is 0 Å². The highest BCUT2D eigenvalue weighted by Gasteiger charge is 2.14. The van der Waals surface area contributed by atoms with E-state index in [1.165, 1.54) is 0 Å². The van der Waals surface area contributed by atoms with Crippen molar-refractivity contribution in [3.63, 3.8) is 0 Å². The van der Waals surface area contributed by atoms with Crippen molar-refractivity contribution in [2.45, 2.75) is 13.0 Å². The molecule has 120 valence electrons. The summed E-state index contributed by atoms with van der Waals surface area (Å²) in [5.41, 5.74) is 2.04. The monoisotopic (exact) mass is 375 g/mol. The number of hydrogen-bond acceptors (Lipinski definition) is 3. The second-order valence-corrected chi connectivity index (χ2v) is 6.45. The molecule has 0 N–H and O–H groups in total. The van der Waals surface area contributed by atoms with E-state index < -0.39 is 0 Å². The zero-order chi connectivity index (χ0) is 16.2. The van der Waals surface area contributed by atoms with Crippen LogP contribution in [0, 0.1) is 0 Å². The maximum atomic E-state index is 12.3. The predicted octanol–water partition coefficient (Wildman–Crippen LogP) is 3.42. The molecule has 0 atom stereocenters.